The maximum atomic E-state index is 12.9. The van der Waals surface area contributed by atoms with Crippen molar-refractivity contribution in [3.8, 4) is 0 Å². The van der Waals surface area contributed by atoms with Gasteiger partial charge in [-0.25, -0.2) is 4.79 Å². The summed E-state index contributed by atoms with van der Waals surface area (Å²) in [6, 6.07) is 25.7. The van der Waals surface area contributed by atoms with Crippen molar-refractivity contribution >= 4 is 29.5 Å². The summed E-state index contributed by atoms with van der Waals surface area (Å²) < 4.78 is 0. The Morgan fingerprint density at radius 2 is 1.24 bits per heavy atom. The molecule has 3 aromatic rings. The molecule has 0 spiro atoms. The highest BCUT2D eigenvalue weighted by Crippen LogP contribution is 2.13. The molecular formula is C31H37N5O5. The minimum Gasteiger partial charge on any atom is -0.465 e. The lowest BCUT2D eigenvalue weighted by Crippen LogP contribution is -2.51. The zero-order valence-electron chi connectivity index (χ0n) is 23.3. The molecule has 5 N–H and O–H groups in total. The summed E-state index contributed by atoms with van der Waals surface area (Å²) in [7, 11) is 0. The van der Waals surface area contributed by atoms with Crippen molar-refractivity contribution in [1.82, 2.24) is 20.9 Å². The highest BCUT2D eigenvalue weighted by atomic mass is 16.4. The van der Waals surface area contributed by atoms with Crippen LogP contribution in [-0.2, 0) is 33.9 Å². The maximum Gasteiger partial charge on any atom is 0.405 e. The monoisotopic (exact) mass is 559 g/mol. The van der Waals surface area contributed by atoms with Crippen molar-refractivity contribution in [2.75, 3.05) is 18.4 Å². The van der Waals surface area contributed by atoms with Crippen LogP contribution < -0.4 is 21.3 Å². The number of hydrogen-bond donors (Lipinski definition) is 5. The second-order valence-electron chi connectivity index (χ2n) is 9.80. The predicted octanol–water partition coefficient (Wildman–Crippen LogP) is 3.15. The Balaban J connectivity index is 1.46. The summed E-state index contributed by atoms with van der Waals surface area (Å²) >= 11 is 0. The minimum atomic E-state index is -1.32. The highest BCUT2D eigenvalue weighted by molar-refractivity contribution is 5.92. The van der Waals surface area contributed by atoms with Gasteiger partial charge in [-0.05, 0) is 49.1 Å². The molecule has 0 aliphatic heterocycles. The molecule has 4 amide bonds. The van der Waals surface area contributed by atoms with Crippen molar-refractivity contribution in [3.05, 3.63) is 102 Å². The van der Waals surface area contributed by atoms with E-state index in [1.807, 2.05) is 90.2 Å². The van der Waals surface area contributed by atoms with Gasteiger partial charge in [0.05, 0.1) is 6.54 Å². The van der Waals surface area contributed by atoms with Crippen LogP contribution in [0.4, 0.5) is 10.5 Å². The van der Waals surface area contributed by atoms with E-state index in [0.29, 0.717) is 31.7 Å². The lowest BCUT2D eigenvalue weighted by Gasteiger charge is -2.22. The van der Waals surface area contributed by atoms with E-state index >= 15 is 0 Å². The van der Waals surface area contributed by atoms with Gasteiger partial charge >= 0.3 is 6.09 Å². The number of benzene rings is 3. The van der Waals surface area contributed by atoms with Crippen molar-refractivity contribution < 1.29 is 24.3 Å². The van der Waals surface area contributed by atoms with Crippen molar-refractivity contribution in [2.24, 2.45) is 0 Å². The average molecular weight is 560 g/mol. The highest BCUT2D eigenvalue weighted by Gasteiger charge is 2.20. The third-order valence-electron chi connectivity index (χ3n) is 6.30. The van der Waals surface area contributed by atoms with Crippen LogP contribution in [0.25, 0.3) is 0 Å². The van der Waals surface area contributed by atoms with Crippen LogP contribution in [0.1, 0.15) is 30.5 Å². The molecule has 0 unspecified atom stereocenters. The third kappa shape index (κ3) is 11.1. The number of nitrogens with one attached hydrogen (secondary N) is 4. The van der Waals surface area contributed by atoms with E-state index in [9.17, 15) is 19.2 Å². The van der Waals surface area contributed by atoms with Crippen LogP contribution in [0.2, 0.25) is 0 Å². The van der Waals surface area contributed by atoms with Gasteiger partial charge in [0.25, 0.3) is 0 Å². The molecule has 0 aliphatic rings. The molecule has 0 aliphatic carbocycles. The number of carbonyl (C=O) groups is 4. The summed E-state index contributed by atoms with van der Waals surface area (Å²) in [4.78, 5) is 49.9. The van der Waals surface area contributed by atoms with Crippen LogP contribution in [0.15, 0.2) is 84.9 Å². The first-order valence-corrected chi connectivity index (χ1v) is 13.5. The molecule has 0 saturated heterocycles. The maximum absolute atomic E-state index is 12.9. The molecule has 0 radical (unpaired) electrons. The lowest BCUT2D eigenvalue weighted by molar-refractivity contribution is -0.129. The average Bonchev–Trinajstić information content (AvgIpc) is 2.94. The number of carboxylic acid groups (broad SMARTS) is 1. The molecule has 10 heteroatoms. The van der Waals surface area contributed by atoms with Crippen LogP contribution in [0, 0.1) is 0 Å². The summed E-state index contributed by atoms with van der Waals surface area (Å²) in [5, 5.41) is 18.9. The first-order valence-electron chi connectivity index (χ1n) is 13.5. The van der Waals surface area contributed by atoms with Gasteiger partial charge in [0.1, 0.15) is 12.1 Å². The molecule has 3 aromatic carbocycles. The lowest BCUT2D eigenvalue weighted by atomic mass is 10.1. The second-order valence-corrected chi connectivity index (χ2v) is 9.80. The van der Waals surface area contributed by atoms with Crippen LogP contribution in [0.5, 0.6) is 0 Å². The van der Waals surface area contributed by atoms with E-state index in [2.05, 4.69) is 20.9 Å². The number of amides is 4. The Morgan fingerprint density at radius 1 is 0.707 bits per heavy atom. The normalized spacial score (nSPS) is 12.2. The van der Waals surface area contributed by atoms with Crippen LogP contribution in [-0.4, -0.2) is 59.0 Å². The van der Waals surface area contributed by atoms with E-state index in [1.54, 1.807) is 0 Å². The van der Waals surface area contributed by atoms with Crippen molar-refractivity contribution in [1.29, 1.82) is 0 Å². The molecule has 216 valence electrons. The van der Waals surface area contributed by atoms with E-state index in [1.165, 1.54) is 13.8 Å². The quantitative estimate of drug-likeness (QED) is 0.206. The number of anilines is 1. The molecule has 10 nitrogen and oxygen atoms in total. The fourth-order valence-corrected chi connectivity index (χ4v) is 4.15. The molecule has 0 aromatic heterocycles. The van der Waals surface area contributed by atoms with E-state index in [4.69, 9.17) is 5.11 Å². The SMILES string of the molecule is C[C@@H](NC(=O)O)C(=O)N[C@H](C)C(=O)NCCc1ccc(NC(=O)CN(Cc2ccccc2)Cc2ccccc2)cc1. The number of carbonyl (C=O) groups excluding carboxylic acids is 3. The Bertz CT molecular complexity index is 1240. The Morgan fingerprint density at radius 3 is 1.78 bits per heavy atom. The largest absolute Gasteiger partial charge is 0.465 e. The van der Waals surface area contributed by atoms with Gasteiger partial charge in [-0.15, -0.1) is 0 Å². The molecule has 0 bridgehead atoms. The molecule has 0 saturated carbocycles. The van der Waals surface area contributed by atoms with Gasteiger partial charge in [-0.1, -0.05) is 72.8 Å². The van der Waals surface area contributed by atoms with Gasteiger partial charge in [-0.3, -0.25) is 19.3 Å². The molecule has 41 heavy (non-hydrogen) atoms. The first-order chi connectivity index (χ1) is 19.7. The Hall–Kier alpha value is -4.70. The second kappa shape index (κ2) is 15.8. The van der Waals surface area contributed by atoms with Gasteiger partial charge in [-0.2, -0.15) is 0 Å². The third-order valence-corrected chi connectivity index (χ3v) is 6.30. The minimum absolute atomic E-state index is 0.110. The van der Waals surface area contributed by atoms with Crippen molar-refractivity contribution in [3.63, 3.8) is 0 Å². The van der Waals surface area contributed by atoms with Gasteiger partial charge < -0.3 is 26.4 Å². The zero-order valence-corrected chi connectivity index (χ0v) is 23.3. The Kier molecular flexibility index (Phi) is 11.9. The van der Waals surface area contributed by atoms with Crippen LogP contribution >= 0.6 is 0 Å². The van der Waals surface area contributed by atoms with Crippen LogP contribution in [0.3, 0.4) is 0 Å². The van der Waals surface area contributed by atoms with Crippen molar-refractivity contribution in [2.45, 2.75) is 45.4 Å². The van der Waals surface area contributed by atoms with E-state index < -0.39 is 24.1 Å². The van der Waals surface area contributed by atoms with Gasteiger partial charge in [0.2, 0.25) is 17.7 Å². The van der Waals surface area contributed by atoms with E-state index in [-0.39, 0.29) is 18.4 Å². The predicted molar refractivity (Wildman–Crippen MR) is 157 cm³/mol. The fraction of sp³-hybridized carbons (Fsp3) is 0.290. The number of hydrogen-bond acceptors (Lipinski definition) is 5. The molecular weight excluding hydrogens is 522 g/mol. The molecule has 2 atom stereocenters. The summed E-state index contributed by atoms with van der Waals surface area (Å²) in [5.74, 6) is -1.07. The zero-order chi connectivity index (χ0) is 29.6. The smallest absolute Gasteiger partial charge is 0.405 e. The molecule has 3 rings (SSSR count). The standard InChI is InChI=1S/C31H37N5O5/c1-22(33-30(39)23(2)34-31(40)41)29(38)32-18-17-24-13-15-27(16-14-24)35-28(37)21-36(19-25-9-5-3-6-10-25)20-26-11-7-4-8-12-26/h3-16,22-23,34H,17-21H2,1-2H3,(H,32,38)(H,33,39)(H,35,37)(H,40,41)/t22-,23-/m1/s1. The molecule has 0 heterocycles. The summed E-state index contributed by atoms with van der Waals surface area (Å²) in [5.41, 5.74) is 3.92. The number of nitrogens with zero attached hydrogens (tertiary/aromatic N) is 1. The Labute approximate surface area is 240 Å². The fourth-order valence-electron chi connectivity index (χ4n) is 4.15. The molecule has 0 fully saturated rings. The summed E-state index contributed by atoms with van der Waals surface area (Å²) in [6.07, 6.45) is -0.761. The summed E-state index contributed by atoms with van der Waals surface area (Å²) in [6.45, 7) is 4.80. The van der Waals surface area contributed by atoms with Gasteiger partial charge in [0.15, 0.2) is 0 Å². The topological polar surface area (TPSA) is 140 Å². The van der Waals surface area contributed by atoms with E-state index in [0.717, 1.165) is 16.7 Å². The number of rotatable bonds is 14. The van der Waals surface area contributed by atoms with Gasteiger partial charge in [0, 0.05) is 25.3 Å². The first kappa shape index (κ1) is 30.8.